The molecular weight excluding hydrogens is 329 g/mol. The van der Waals surface area contributed by atoms with Crippen LogP contribution in [-0.4, -0.2) is 18.5 Å². The van der Waals surface area contributed by atoms with Crippen molar-refractivity contribution in [3.05, 3.63) is 0 Å². The normalized spacial score (nSPS) is 7.78. The first-order chi connectivity index (χ1) is 7.88. The van der Waals surface area contributed by atoms with E-state index in [0.717, 1.165) is 20.4 Å². The summed E-state index contributed by atoms with van der Waals surface area (Å²) in [6, 6.07) is 0. The van der Waals surface area contributed by atoms with Crippen LogP contribution in [0.25, 0.3) is 0 Å². The maximum absolute atomic E-state index is 8.89. The Bertz CT molecular complexity index is 151. The largest absolute Gasteiger partial charge is 2.00 e. The molecule has 0 aromatic heterocycles. The Balaban J connectivity index is -0.0000000922. The molecule has 0 atom stereocenters. The van der Waals surface area contributed by atoms with Gasteiger partial charge in [0, 0.05) is 11.9 Å². The Hall–Kier alpha value is -0.438. The summed E-state index contributed by atoms with van der Waals surface area (Å²) in [5.41, 5.74) is 5.34. The molecule has 0 aliphatic heterocycles. The third-order valence-electron chi connectivity index (χ3n) is 1.56. The number of hydrogen-bond acceptors (Lipinski definition) is 5. The Morgan fingerprint density at radius 1 is 0.889 bits per heavy atom. The van der Waals surface area contributed by atoms with Crippen LogP contribution >= 0.6 is 0 Å². The van der Waals surface area contributed by atoms with E-state index in [4.69, 9.17) is 25.5 Å². The van der Waals surface area contributed by atoms with Crippen molar-refractivity contribution in [2.45, 2.75) is 59.3 Å². The molecule has 18 heavy (non-hydrogen) atoms. The maximum atomic E-state index is 8.89. The van der Waals surface area contributed by atoms with E-state index in [1.807, 2.05) is 0 Å². The first-order valence-corrected chi connectivity index (χ1v) is 5.93. The molecule has 2 N–H and O–H groups in total. The fraction of sp³-hybridized carbons (Fsp3) is 0.833. The molecule has 0 radical (unpaired) electrons. The standard InChI is InChI=1S/C8H19N.2C2H4O2.Pd/c1-2-3-4-5-6-7-8-9;2*1-2(3)4;/h2-9H2,1H3;2*1H3,(H,3,4);/q;;;+2/p-2. The Morgan fingerprint density at radius 3 is 1.44 bits per heavy atom. The second kappa shape index (κ2) is 25.4. The second-order valence-corrected chi connectivity index (χ2v) is 3.54. The Kier molecular flexibility index (Phi) is 37.0. The molecule has 112 valence electrons. The summed E-state index contributed by atoms with van der Waals surface area (Å²) in [4.78, 5) is 17.8. The van der Waals surface area contributed by atoms with E-state index in [1.54, 1.807) is 0 Å². The van der Waals surface area contributed by atoms with Gasteiger partial charge in [0.05, 0.1) is 0 Å². The van der Waals surface area contributed by atoms with Crippen LogP contribution in [0.15, 0.2) is 0 Å². The van der Waals surface area contributed by atoms with Gasteiger partial charge in [0.15, 0.2) is 0 Å². The quantitative estimate of drug-likeness (QED) is 0.526. The second-order valence-electron chi connectivity index (χ2n) is 3.54. The van der Waals surface area contributed by atoms with Gasteiger partial charge in [0.1, 0.15) is 0 Å². The van der Waals surface area contributed by atoms with E-state index in [1.165, 1.54) is 38.5 Å². The first-order valence-electron chi connectivity index (χ1n) is 5.93. The average Bonchev–Trinajstić information content (AvgIpc) is 2.16. The minimum atomic E-state index is -1.08. The molecule has 0 aromatic carbocycles. The van der Waals surface area contributed by atoms with Crippen molar-refractivity contribution in [3.63, 3.8) is 0 Å². The number of carboxylic acids is 2. The molecule has 6 heteroatoms. The van der Waals surface area contributed by atoms with E-state index in [9.17, 15) is 0 Å². The zero-order valence-electron chi connectivity index (χ0n) is 11.5. The van der Waals surface area contributed by atoms with E-state index in [0.29, 0.717) is 0 Å². The van der Waals surface area contributed by atoms with E-state index >= 15 is 0 Å². The van der Waals surface area contributed by atoms with E-state index < -0.39 is 11.9 Å². The van der Waals surface area contributed by atoms with E-state index in [-0.39, 0.29) is 20.4 Å². The van der Waals surface area contributed by atoms with Gasteiger partial charge in [-0.3, -0.25) is 0 Å². The topological polar surface area (TPSA) is 106 Å². The van der Waals surface area contributed by atoms with Crippen molar-refractivity contribution >= 4 is 11.9 Å². The summed E-state index contributed by atoms with van der Waals surface area (Å²) in [5, 5.41) is 17.8. The van der Waals surface area contributed by atoms with Crippen molar-refractivity contribution in [1.29, 1.82) is 0 Å². The summed E-state index contributed by atoms with van der Waals surface area (Å²) in [5.74, 6) is -2.17. The zero-order chi connectivity index (χ0) is 14.1. The smallest absolute Gasteiger partial charge is 0.550 e. The predicted octanol–water partition coefficient (Wildman–Crippen LogP) is -0.184. The summed E-state index contributed by atoms with van der Waals surface area (Å²) in [7, 11) is 0. The predicted molar refractivity (Wildman–Crippen MR) is 63.8 cm³/mol. The van der Waals surface area contributed by atoms with Crippen LogP contribution in [0.2, 0.25) is 0 Å². The first kappa shape index (κ1) is 26.2. The van der Waals surface area contributed by atoms with Gasteiger partial charge in [-0.2, -0.15) is 0 Å². The number of carbonyl (C=O) groups is 2. The number of unbranched alkanes of at least 4 members (excludes halogenated alkanes) is 5. The van der Waals surface area contributed by atoms with Gasteiger partial charge in [0.2, 0.25) is 0 Å². The fourth-order valence-corrected chi connectivity index (χ4v) is 0.925. The molecule has 0 saturated heterocycles. The molecule has 0 aromatic rings. The maximum Gasteiger partial charge on any atom is 2.00 e. The van der Waals surface area contributed by atoms with Crippen LogP contribution in [0.5, 0.6) is 0 Å². The number of rotatable bonds is 6. The molecule has 0 fully saturated rings. The summed E-state index contributed by atoms with van der Waals surface area (Å²) >= 11 is 0. The SMILES string of the molecule is CC(=O)[O-].CC(=O)[O-].CCCCCCCCN.[Pd+2]. The minimum absolute atomic E-state index is 0. The summed E-state index contributed by atoms with van der Waals surface area (Å²) in [6.07, 6.45) is 8.05. The van der Waals surface area contributed by atoms with Gasteiger partial charge in [-0.05, 0) is 26.8 Å². The average molecular weight is 354 g/mol. The molecule has 0 unspecified atom stereocenters. The zero-order valence-corrected chi connectivity index (χ0v) is 13.0. The number of carboxylic acid groups (broad SMARTS) is 2. The summed E-state index contributed by atoms with van der Waals surface area (Å²) < 4.78 is 0. The van der Waals surface area contributed by atoms with Crippen molar-refractivity contribution < 1.29 is 40.2 Å². The van der Waals surface area contributed by atoms with Crippen LogP contribution in [0.1, 0.15) is 59.3 Å². The van der Waals surface area contributed by atoms with Gasteiger partial charge in [-0.15, -0.1) is 0 Å². The van der Waals surface area contributed by atoms with Gasteiger partial charge < -0.3 is 25.5 Å². The third-order valence-corrected chi connectivity index (χ3v) is 1.56. The molecule has 0 heterocycles. The molecular formula is C12H25NO4Pd. The molecule has 0 amide bonds. The molecule has 0 rings (SSSR count). The molecule has 0 bridgehead atoms. The monoisotopic (exact) mass is 353 g/mol. The molecule has 0 saturated carbocycles. The van der Waals surface area contributed by atoms with Crippen LogP contribution in [0, 0.1) is 0 Å². The fourth-order valence-electron chi connectivity index (χ4n) is 0.925. The number of hydrogen-bond donors (Lipinski definition) is 1. The number of nitrogens with two attached hydrogens (primary N) is 1. The van der Waals surface area contributed by atoms with Crippen molar-refractivity contribution in [1.82, 2.24) is 0 Å². The van der Waals surface area contributed by atoms with Crippen molar-refractivity contribution in [3.8, 4) is 0 Å². The number of aliphatic carboxylic acids is 2. The van der Waals surface area contributed by atoms with Crippen LogP contribution in [-0.2, 0) is 30.0 Å². The van der Waals surface area contributed by atoms with Gasteiger partial charge in [-0.25, -0.2) is 0 Å². The van der Waals surface area contributed by atoms with Crippen molar-refractivity contribution in [2.75, 3.05) is 6.54 Å². The molecule has 0 spiro atoms. The Labute approximate surface area is 124 Å². The van der Waals surface area contributed by atoms with Gasteiger partial charge in [-0.1, -0.05) is 39.0 Å². The van der Waals surface area contributed by atoms with Gasteiger partial charge in [0.25, 0.3) is 0 Å². The van der Waals surface area contributed by atoms with Crippen molar-refractivity contribution in [2.24, 2.45) is 5.73 Å². The molecule has 5 nitrogen and oxygen atoms in total. The number of carbonyl (C=O) groups excluding carboxylic acids is 2. The van der Waals surface area contributed by atoms with Gasteiger partial charge >= 0.3 is 20.4 Å². The van der Waals surface area contributed by atoms with Crippen LogP contribution < -0.4 is 15.9 Å². The van der Waals surface area contributed by atoms with Crippen LogP contribution in [0.3, 0.4) is 0 Å². The molecule has 0 aliphatic carbocycles. The van der Waals surface area contributed by atoms with Crippen LogP contribution in [0.4, 0.5) is 0 Å². The third kappa shape index (κ3) is 107. The molecule has 0 aliphatic rings. The van der Waals surface area contributed by atoms with E-state index in [2.05, 4.69) is 6.92 Å². The minimum Gasteiger partial charge on any atom is -0.550 e. The Morgan fingerprint density at radius 2 is 1.17 bits per heavy atom. The summed E-state index contributed by atoms with van der Waals surface area (Å²) in [6.45, 7) is 5.05.